The molecule has 4 rings (SSSR count). The fourth-order valence-electron chi connectivity index (χ4n) is 3.21. The molecule has 0 aliphatic rings. The van der Waals surface area contributed by atoms with Crippen LogP contribution in [0, 0.1) is 0 Å². The highest BCUT2D eigenvalue weighted by Gasteiger charge is 2.17. The summed E-state index contributed by atoms with van der Waals surface area (Å²) in [5.74, 6) is 2.79. The highest BCUT2D eigenvalue weighted by Crippen LogP contribution is 2.26. The van der Waals surface area contributed by atoms with Crippen molar-refractivity contribution in [2.45, 2.75) is 0 Å². The number of nitrogens with zero attached hydrogens (tertiary/aromatic N) is 2. The highest BCUT2D eigenvalue weighted by molar-refractivity contribution is 5.98. The quantitative estimate of drug-likeness (QED) is 0.392. The summed E-state index contributed by atoms with van der Waals surface area (Å²) in [5.41, 5.74) is 2.04. The zero-order chi connectivity index (χ0) is 23.2. The molecule has 168 valence electrons. The molecule has 0 saturated heterocycles. The van der Waals surface area contributed by atoms with Gasteiger partial charge in [-0.1, -0.05) is 6.07 Å². The summed E-state index contributed by atoms with van der Waals surface area (Å²) in [6, 6.07) is 23.6. The van der Waals surface area contributed by atoms with Gasteiger partial charge in [0.05, 0.1) is 21.3 Å². The minimum Gasteiger partial charge on any atom is -0.497 e. The first kappa shape index (κ1) is 21.8. The third-order valence-electron chi connectivity index (χ3n) is 4.94. The Labute approximate surface area is 191 Å². The van der Waals surface area contributed by atoms with Gasteiger partial charge < -0.3 is 24.8 Å². The third-order valence-corrected chi connectivity index (χ3v) is 4.94. The number of ether oxygens (including phenoxy) is 3. The van der Waals surface area contributed by atoms with Gasteiger partial charge in [0, 0.05) is 23.0 Å². The standard InChI is InChI=1S/C25H24N4O4/c1-31-20-11-7-18(8-12-20)26-23-16-24(27-19-9-13-21(32-2)14-10-19)29(28-23)25(30)17-5-4-6-22(15-17)33-3/h4-16,27H,1-3H3,(H,26,28). The van der Waals surface area contributed by atoms with E-state index in [4.69, 9.17) is 14.2 Å². The molecule has 0 unspecified atom stereocenters. The van der Waals surface area contributed by atoms with Crippen LogP contribution in [-0.2, 0) is 0 Å². The third kappa shape index (κ3) is 5.07. The second kappa shape index (κ2) is 9.78. The van der Waals surface area contributed by atoms with Crippen LogP contribution >= 0.6 is 0 Å². The van der Waals surface area contributed by atoms with Gasteiger partial charge in [0.25, 0.3) is 5.91 Å². The SMILES string of the molecule is COc1ccc(Nc2cc(Nc3ccc(OC)cc3)n(C(=O)c3cccc(OC)c3)n2)cc1. The van der Waals surface area contributed by atoms with Crippen LogP contribution in [0.15, 0.2) is 78.9 Å². The van der Waals surface area contributed by atoms with E-state index < -0.39 is 0 Å². The number of carbonyl (C=O) groups is 1. The molecular formula is C25H24N4O4. The number of hydrogen-bond donors (Lipinski definition) is 2. The Kier molecular flexibility index (Phi) is 6.45. The highest BCUT2D eigenvalue weighted by atomic mass is 16.5. The summed E-state index contributed by atoms with van der Waals surface area (Å²) in [6.45, 7) is 0. The van der Waals surface area contributed by atoms with E-state index in [-0.39, 0.29) is 5.91 Å². The van der Waals surface area contributed by atoms with Crippen molar-refractivity contribution in [3.8, 4) is 17.2 Å². The smallest absolute Gasteiger partial charge is 0.280 e. The van der Waals surface area contributed by atoms with Crippen LogP contribution in [0.25, 0.3) is 0 Å². The van der Waals surface area contributed by atoms with Crippen LogP contribution in [0.2, 0.25) is 0 Å². The van der Waals surface area contributed by atoms with E-state index in [1.54, 1.807) is 51.7 Å². The molecule has 8 heteroatoms. The molecule has 3 aromatic carbocycles. The van der Waals surface area contributed by atoms with Gasteiger partial charge >= 0.3 is 0 Å². The summed E-state index contributed by atoms with van der Waals surface area (Å²) < 4.78 is 17.0. The lowest BCUT2D eigenvalue weighted by molar-refractivity contribution is 0.0948. The number of anilines is 4. The van der Waals surface area contributed by atoms with Gasteiger partial charge in [-0.25, -0.2) is 0 Å². The number of rotatable bonds is 8. The van der Waals surface area contributed by atoms with Gasteiger partial charge in [0.15, 0.2) is 5.82 Å². The van der Waals surface area contributed by atoms with Gasteiger partial charge in [-0.2, -0.15) is 4.68 Å². The van der Waals surface area contributed by atoms with Gasteiger partial charge in [0.1, 0.15) is 23.1 Å². The second-order valence-electron chi connectivity index (χ2n) is 7.07. The predicted molar refractivity (Wildman–Crippen MR) is 128 cm³/mol. The van der Waals surface area contributed by atoms with Gasteiger partial charge in [0.2, 0.25) is 0 Å². The summed E-state index contributed by atoms with van der Waals surface area (Å²) in [4.78, 5) is 13.3. The minimum atomic E-state index is -0.298. The maximum Gasteiger partial charge on any atom is 0.280 e. The van der Waals surface area contributed by atoms with Crippen molar-refractivity contribution < 1.29 is 19.0 Å². The van der Waals surface area contributed by atoms with Crippen LogP contribution in [0.3, 0.4) is 0 Å². The number of nitrogens with one attached hydrogen (secondary N) is 2. The molecule has 0 spiro atoms. The zero-order valence-corrected chi connectivity index (χ0v) is 18.5. The average molecular weight is 444 g/mol. The number of carbonyl (C=O) groups excluding carboxylic acids is 1. The van der Waals surface area contributed by atoms with Crippen molar-refractivity contribution in [1.82, 2.24) is 9.78 Å². The molecule has 33 heavy (non-hydrogen) atoms. The van der Waals surface area contributed by atoms with E-state index in [9.17, 15) is 4.79 Å². The Morgan fingerprint density at radius 1 is 0.727 bits per heavy atom. The van der Waals surface area contributed by atoms with Crippen LogP contribution in [0.5, 0.6) is 17.2 Å². The molecule has 0 saturated carbocycles. The van der Waals surface area contributed by atoms with Crippen LogP contribution < -0.4 is 24.8 Å². The lowest BCUT2D eigenvalue weighted by Gasteiger charge is -2.10. The van der Waals surface area contributed by atoms with Crippen molar-refractivity contribution in [3.05, 3.63) is 84.4 Å². The lowest BCUT2D eigenvalue weighted by Crippen LogP contribution is -2.16. The maximum atomic E-state index is 13.3. The Balaban J connectivity index is 1.67. The maximum absolute atomic E-state index is 13.3. The van der Waals surface area contributed by atoms with Crippen LogP contribution in [0.4, 0.5) is 23.0 Å². The number of methoxy groups -OCH3 is 3. The van der Waals surface area contributed by atoms with E-state index in [0.29, 0.717) is 22.9 Å². The van der Waals surface area contributed by atoms with E-state index in [0.717, 1.165) is 22.9 Å². The first-order valence-corrected chi connectivity index (χ1v) is 10.2. The summed E-state index contributed by atoms with van der Waals surface area (Å²) in [6.07, 6.45) is 0. The molecule has 0 atom stereocenters. The monoisotopic (exact) mass is 444 g/mol. The van der Waals surface area contributed by atoms with Crippen LogP contribution in [-0.4, -0.2) is 37.0 Å². The molecule has 0 radical (unpaired) electrons. The van der Waals surface area contributed by atoms with E-state index in [1.807, 2.05) is 48.5 Å². The summed E-state index contributed by atoms with van der Waals surface area (Å²) in [7, 11) is 4.79. The molecule has 0 amide bonds. The summed E-state index contributed by atoms with van der Waals surface area (Å²) >= 11 is 0. The number of benzene rings is 3. The Morgan fingerprint density at radius 2 is 1.30 bits per heavy atom. The molecule has 1 aromatic heterocycles. The summed E-state index contributed by atoms with van der Waals surface area (Å²) in [5, 5.41) is 11.0. The second-order valence-corrected chi connectivity index (χ2v) is 7.07. The Hall–Kier alpha value is -4.46. The molecule has 0 aliphatic carbocycles. The molecule has 8 nitrogen and oxygen atoms in total. The van der Waals surface area contributed by atoms with E-state index in [2.05, 4.69) is 15.7 Å². The van der Waals surface area contributed by atoms with Crippen LogP contribution in [0.1, 0.15) is 10.4 Å². The zero-order valence-electron chi connectivity index (χ0n) is 18.5. The largest absolute Gasteiger partial charge is 0.497 e. The van der Waals surface area contributed by atoms with Crippen molar-refractivity contribution in [1.29, 1.82) is 0 Å². The molecule has 0 bridgehead atoms. The van der Waals surface area contributed by atoms with Gasteiger partial charge in [-0.05, 0) is 66.7 Å². The van der Waals surface area contributed by atoms with Gasteiger partial charge in [-0.15, -0.1) is 5.10 Å². The van der Waals surface area contributed by atoms with Crippen molar-refractivity contribution in [2.24, 2.45) is 0 Å². The van der Waals surface area contributed by atoms with Crippen molar-refractivity contribution in [3.63, 3.8) is 0 Å². The normalized spacial score (nSPS) is 10.4. The Bertz CT molecular complexity index is 1230. The van der Waals surface area contributed by atoms with Crippen molar-refractivity contribution >= 4 is 28.9 Å². The van der Waals surface area contributed by atoms with Crippen molar-refractivity contribution in [2.75, 3.05) is 32.0 Å². The Morgan fingerprint density at radius 3 is 1.88 bits per heavy atom. The van der Waals surface area contributed by atoms with E-state index in [1.165, 1.54) is 4.68 Å². The fraction of sp³-hybridized carbons (Fsp3) is 0.120. The minimum absolute atomic E-state index is 0.298. The molecule has 0 aliphatic heterocycles. The fourth-order valence-corrected chi connectivity index (χ4v) is 3.21. The average Bonchev–Trinajstić information content (AvgIpc) is 3.26. The molecule has 0 fully saturated rings. The topological polar surface area (TPSA) is 86.6 Å². The molecule has 4 aromatic rings. The molecular weight excluding hydrogens is 420 g/mol. The number of hydrogen-bond acceptors (Lipinski definition) is 7. The van der Waals surface area contributed by atoms with E-state index >= 15 is 0 Å². The van der Waals surface area contributed by atoms with Gasteiger partial charge in [-0.3, -0.25) is 4.79 Å². The first-order chi connectivity index (χ1) is 16.1. The molecule has 2 N–H and O–H groups in total. The first-order valence-electron chi connectivity index (χ1n) is 10.2. The predicted octanol–water partition coefficient (Wildman–Crippen LogP) is 5.08. The number of aromatic nitrogens is 2. The lowest BCUT2D eigenvalue weighted by atomic mass is 10.2. The molecule has 1 heterocycles.